The summed E-state index contributed by atoms with van der Waals surface area (Å²) >= 11 is 0. The number of carbonyl (C=O) groups is 1. The van der Waals surface area contributed by atoms with Gasteiger partial charge in [-0.3, -0.25) is 10.1 Å². The number of benzene rings is 1. The number of fused-ring (bicyclic) bond motifs is 2. The summed E-state index contributed by atoms with van der Waals surface area (Å²) in [7, 11) is 0. The van der Waals surface area contributed by atoms with Crippen LogP contribution in [0.5, 0.6) is 0 Å². The monoisotopic (exact) mass is 324 g/mol. The van der Waals surface area contributed by atoms with Crippen molar-refractivity contribution >= 4 is 11.6 Å². The number of nitrogens with zero attached hydrogens (tertiary/aromatic N) is 1. The van der Waals surface area contributed by atoms with E-state index < -0.39 is 0 Å². The number of hydrogen-bond donors (Lipinski definition) is 3. The quantitative estimate of drug-likeness (QED) is 0.795. The fraction of sp³-hybridized carbons (Fsp3) is 0.474. The van der Waals surface area contributed by atoms with Crippen molar-refractivity contribution in [2.24, 2.45) is 0 Å². The highest BCUT2D eigenvalue weighted by Crippen LogP contribution is 2.42. The Hall–Kier alpha value is -2.14. The van der Waals surface area contributed by atoms with Crippen LogP contribution >= 0.6 is 0 Å². The molecule has 0 radical (unpaired) electrons. The average molecular weight is 324 g/mol. The van der Waals surface area contributed by atoms with Gasteiger partial charge in [0.2, 0.25) is 5.91 Å². The number of aromatic nitrogens is 2. The van der Waals surface area contributed by atoms with Gasteiger partial charge in [0.25, 0.3) is 0 Å². The first-order valence-electron chi connectivity index (χ1n) is 8.76. The lowest BCUT2D eigenvalue weighted by Gasteiger charge is -2.38. The van der Waals surface area contributed by atoms with Crippen LogP contribution in [0.15, 0.2) is 24.5 Å². The van der Waals surface area contributed by atoms with Crippen LogP contribution in [0.25, 0.3) is 0 Å². The molecule has 1 aromatic heterocycles. The minimum Gasteiger partial charge on any atom is -0.348 e. The summed E-state index contributed by atoms with van der Waals surface area (Å²) in [4.78, 5) is 20.7. The standard InChI is InChI=1S/C19H24N4O/c1-12-5-6-14(13(2)9-12)22-18(24)16-10-15-17(21-11-20-15)19(23-16)7-3-4-8-19/h5-6,9,11,16,23H,3-4,7-8,10H2,1-2H3,(H,20,21)(H,22,24). The van der Waals surface area contributed by atoms with Gasteiger partial charge in [0.15, 0.2) is 0 Å². The Kier molecular flexibility index (Phi) is 3.68. The molecule has 1 fully saturated rings. The van der Waals surface area contributed by atoms with Gasteiger partial charge in [-0.05, 0) is 38.3 Å². The van der Waals surface area contributed by atoms with Crippen molar-refractivity contribution in [2.45, 2.75) is 57.5 Å². The average Bonchev–Trinajstić information content (AvgIpc) is 3.20. The Morgan fingerprint density at radius 3 is 2.83 bits per heavy atom. The van der Waals surface area contributed by atoms with E-state index in [9.17, 15) is 4.79 Å². The topological polar surface area (TPSA) is 69.8 Å². The first kappa shape index (κ1) is 15.4. The number of imidazole rings is 1. The van der Waals surface area contributed by atoms with Crippen molar-refractivity contribution in [1.29, 1.82) is 0 Å². The van der Waals surface area contributed by atoms with E-state index in [1.165, 1.54) is 18.4 Å². The Morgan fingerprint density at radius 1 is 1.29 bits per heavy atom. The second kappa shape index (κ2) is 5.74. The van der Waals surface area contributed by atoms with Gasteiger partial charge >= 0.3 is 0 Å². The molecule has 3 N–H and O–H groups in total. The van der Waals surface area contributed by atoms with Crippen LogP contribution in [-0.2, 0) is 16.8 Å². The van der Waals surface area contributed by atoms with E-state index in [1.54, 1.807) is 6.33 Å². The van der Waals surface area contributed by atoms with Crippen LogP contribution in [0.1, 0.15) is 48.2 Å². The number of amides is 1. The number of nitrogens with one attached hydrogen (secondary N) is 3. The molecule has 1 spiro atoms. The molecule has 2 aromatic rings. The molecule has 0 saturated heterocycles. The van der Waals surface area contributed by atoms with Gasteiger partial charge < -0.3 is 10.3 Å². The molecule has 126 valence electrons. The summed E-state index contributed by atoms with van der Waals surface area (Å²) in [5, 5.41) is 6.73. The van der Waals surface area contributed by atoms with E-state index in [2.05, 4.69) is 33.6 Å². The predicted octanol–water partition coefficient (Wildman–Crippen LogP) is 2.95. The molecule has 2 aliphatic rings. The number of aromatic amines is 1. The zero-order valence-corrected chi connectivity index (χ0v) is 14.3. The lowest BCUT2D eigenvalue weighted by molar-refractivity contribution is -0.119. The summed E-state index contributed by atoms with van der Waals surface area (Å²) in [6.07, 6.45) is 6.90. The van der Waals surface area contributed by atoms with Crippen molar-refractivity contribution in [3.8, 4) is 0 Å². The molecule has 2 heterocycles. The molecule has 5 heteroatoms. The fourth-order valence-corrected chi connectivity index (χ4v) is 4.24. The molecule has 0 bridgehead atoms. The number of aryl methyl sites for hydroxylation is 2. The van der Waals surface area contributed by atoms with E-state index >= 15 is 0 Å². The van der Waals surface area contributed by atoms with Crippen LogP contribution < -0.4 is 10.6 Å². The largest absolute Gasteiger partial charge is 0.348 e. The van der Waals surface area contributed by atoms with Gasteiger partial charge in [0, 0.05) is 17.8 Å². The molecule has 4 rings (SSSR count). The van der Waals surface area contributed by atoms with Crippen molar-refractivity contribution < 1.29 is 4.79 Å². The first-order chi connectivity index (χ1) is 11.6. The van der Waals surface area contributed by atoms with Gasteiger partial charge in [0.1, 0.15) is 0 Å². The number of hydrogen-bond acceptors (Lipinski definition) is 3. The second-order valence-corrected chi connectivity index (χ2v) is 7.23. The number of carbonyl (C=O) groups excluding carboxylic acids is 1. The third-order valence-electron chi connectivity index (χ3n) is 5.44. The van der Waals surface area contributed by atoms with Crippen LogP contribution in [0.3, 0.4) is 0 Å². The first-order valence-corrected chi connectivity index (χ1v) is 8.76. The highest BCUT2D eigenvalue weighted by Gasteiger charge is 2.45. The van der Waals surface area contributed by atoms with Crippen molar-refractivity contribution in [3.05, 3.63) is 47.0 Å². The summed E-state index contributed by atoms with van der Waals surface area (Å²) < 4.78 is 0. The molecule has 1 unspecified atom stereocenters. The van der Waals surface area contributed by atoms with E-state index in [-0.39, 0.29) is 17.5 Å². The molecule has 1 amide bonds. The SMILES string of the molecule is Cc1ccc(NC(=O)C2Cc3[nH]cnc3C3(CCCC3)N2)c(C)c1. The Balaban J connectivity index is 1.57. The third kappa shape index (κ3) is 2.53. The molecular weight excluding hydrogens is 300 g/mol. The smallest absolute Gasteiger partial charge is 0.241 e. The van der Waals surface area contributed by atoms with Crippen molar-refractivity contribution in [1.82, 2.24) is 15.3 Å². The molecule has 1 aliphatic carbocycles. The van der Waals surface area contributed by atoms with E-state index in [4.69, 9.17) is 0 Å². The zero-order chi connectivity index (χ0) is 16.7. The lowest BCUT2D eigenvalue weighted by Crippen LogP contribution is -2.56. The summed E-state index contributed by atoms with van der Waals surface area (Å²) in [6, 6.07) is 5.88. The van der Waals surface area contributed by atoms with Crippen LogP contribution in [0, 0.1) is 13.8 Å². The maximum atomic E-state index is 12.9. The zero-order valence-electron chi connectivity index (χ0n) is 14.3. The van der Waals surface area contributed by atoms with Gasteiger partial charge in [-0.2, -0.15) is 0 Å². The van der Waals surface area contributed by atoms with Crippen molar-refractivity contribution in [2.75, 3.05) is 5.32 Å². The molecule has 1 aromatic carbocycles. The number of H-pyrrole nitrogens is 1. The minimum atomic E-state index is -0.225. The summed E-state index contributed by atoms with van der Waals surface area (Å²) in [5.74, 6) is 0.0356. The van der Waals surface area contributed by atoms with Crippen LogP contribution in [-0.4, -0.2) is 21.9 Å². The molecular formula is C19H24N4O. The normalized spacial score (nSPS) is 21.7. The third-order valence-corrected chi connectivity index (χ3v) is 5.44. The van der Waals surface area contributed by atoms with Gasteiger partial charge in [-0.1, -0.05) is 30.5 Å². The van der Waals surface area contributed by atoms with Crippen LogP contribution in [0.4, 0.5) is 5.69 Å². The van der Waals surface area contributed by atoms with E-state index in [1.807, 2.05) is 19.1 Å². The Labute approximate surface area is 142 Å². The molecule has 24 heavy (non-hydrogen) atoms. The lowest BCUT2D eigenvalue weighted by atomic mass is 9.84. The second-order valence-electron chi connectivity index (χ2n) is 7.23. The van der Waals surface area contributed by atoms with Gasteiger partial charge in [0.05, 0.1) is 23.6 Å². The number of rotatable bonds is 2. The maximum absolute atomic E-state index is 12.9. The van der Waals surface area contributed by atoms with Gasteiger partial charge in [-0.15, -0.1) is 0 Å². The van der Waals surface area contributed by atoms with E-state index in [0.717, 1.165) is 35.5 Å². The molecule has 1 atom stereocenters. The van der Waals surface area contributed by atoms with Gasteiger partial charge in [-0.25, -0.2) is 4.98 Å². The minimum absolute atomic E-state index is 0.0356. The van der Waals surface area contributed by atoms with Crippen molar-refractivity contribution in [3.63, 3.8) is 0 Å². The molecule has 5 nitrogen and oxygen atoms in total. The Morgan fingerprint density at radius 2 is 2.08 bits per heavy atom. The fourth-order valence-electron chi connectivity index (χ4n) is 4.24. The highest BCUT2D eigenvalue weighted by atomic mass is 16.2. The molecule has 1 saturated carbocycles. The maximum Gasteiger partial charge on any atom is 0.241 e. The summed E-state index contributed by atoms with van der Waals surface area (Å²) in [5.41, 5.74) is 5.29. The Bertz CT molecular complexity index is 773. The highest BCUT2D eigenvalue weighted by molar-refractivity contribution is 5.96. The predicted molar refractivity (Wildman–Crippen MR) is 93.9 cm³/mol. The molecule has 1 aliphatic heterocycles. The number of anilines is 1. The van der Waals surface area contributed by atoms with E-state index in [0.29, 0.717) is 6.42 Å². The van der Waals surface area contributed by atoms with Crippen LogP contribution in [0.2, 0.25) is 0 Å². The summed E-state index contributed by atoms with van der Waals surface area (Å²) in [6.45, 7) is 4.09.